The molecule has 0 bridgehead atoms. The maximum Gasteiger partial charge on any atom is 0.0850 e. The molecule has 0 saturated carbocycles. The fourth-order valence-corrected chi connectivity index (χ4v) is 2.09. The van der Waals surface area contributed by atoms with E-state index in [4.69, 9.17) is 10.5 Å². The van der Waals surface area contributed by atoms with Crippen molar-refractivity contribution in [2.24, 2.45) is 5.73 Å². The molecule has 94 valence electrons. The Labute approximate surface area is 103 Å². The van der Waals surface area contributed by atoms with Crippen LogP contribution in [0.15, 0.2) is 18.3 Å². The lowest BCUT2D eigenvalue weighted by atomic mass is 10.1. The van der Waals surface area contributed by atoms with Crippen molar-refractivity contribution in [2.45, 2.75) is 32.5 Å². The number of hydrogen-bond donors (Lipinski definition) is 1. The number of nitrogens with two attached hydrogens (primary N) is 1. The first-order chi connectivity index (χ1) is 8.16. The molecular formula is C13H21N3O. The van der Waals surface area contributed by atoms with Gasteiger partial charge >= 0.3 is 0 Å². The molecule has 1 aliphatic heterocycles. The Balaban J connectivity index is 1.97. The van der Waals surface area contributed by atoms with E-state index in [0.29, 0.717) is 0 Å². The number of pyridine rings is 1. The fourth-order valence-electron chi connectivity index (χ4n) is 2.09. The molecule has 2 unspecified atom stereocenters. The highest BCUT2D eigenvalue weighted by Gasteiger charge is 2.23. The van der Waals surface area contributed by atoms with Gasteiger partial charge in [0.25, 0.3) is 0 Å². The van der Waals surface area contributed by atoms with Crippen molar-refractivity contribution in [3.05, 3.63) is 29.6 Å². The summed E-state index contributed by atoms with van der Waals surface area (Å²) in [6, 6.07) is 4.16. The Morgan fingerprint density at radius 1 is 1.65 bits per heavy atom. The molecule has 0 radical (unpaired) electrons. The number of aryl methyl sites for hydroxylation is 1. The maximum absolute atomic E-state index is 5.89. The van der Waals surface area contributed by atoms with Crippen LogP contribution in [0.1, 0.15) is 18.2 Å². The van der Waals surface area contributed by atoms with Gasteiger partial charge in [0, 0.05) is 31.9 Å². The highest BCUT2D eigenvalue weighted by molar-refractivity contribution is 5.17. The van der Waals surface area contributed by atoms with Crippen LogP contribution in [-0.2, 0) is 11.3 Å². The predicted molar refractivity (Wildman–Crippen MR) is 67.6 cm³/mol. The highest BCUT2D eigenvalue weighted by atomic mass is 16.5. The van der Waals surface area contributed by atoms with Crippen LogP contribution in [0.3, 0.4) is 0 Å². The van der Waals surface area contributed by atoms with Gasteiger partial charge in [-0.15, -0.1) is 0 Å². The Bertz CT molecular complexity index is 367. The smallest absolute Gasteiger partial charge is 0.0850 e. The second kappa shape index (κ2) is 5.58. The van der Waals surface area contributed by atoms with Crippen molar-refractivity contribution in [2.75, 3.05) is 19.7 Å². The van der Waals surface area contributed by atoms with Gasteiger partial charge in [0.05, 0.1) is 18.4 Å². The second-order valence-corrected chi connectivity index (χ2v) is 4.77. The molecule has 1 aromatic rings. The van der Waals surface area contributed by atoms with Crippen LogP contribution < -0.4 is 5.73 Å². The monoisotopic (exact) mass is 235 g/mol. The maximum atomic E-state index is 5.89. The van der Waals surface area contributed by atoms with E-state index in [1.807, 2.05) is 19.2 Å². The number of rotatable bonds is 3. The molecule has 0 amide bonds. The Hall–Kier alpha value is -0.970. The third-order valence-electron chi connectivity index (χ3n) is 3.26. The topological polar surface area (TPSA) is 51.4 Å². The number of hydrogen-bond acceptors (Lipinski definition) is 4. The molecule has 4 heteroatoms. The molecule has 0 aromatic carbocycles. The van der Waals surface area contributed by atoms with Crippen molar-refractivity contribution >= 4 is 0 Å². The van der Waals surface area contributed by atoms with Crippen LogP contribution in [0.4, 0.5) is 0 Å². The molecule has 1 aromatic heterocycles. The summed E-state index contributed by atoms with van der Waals surface area (Å²) in [7, 11) is 0. The van der Waals surface area contributed by atoms with E-state index >= 15 is 0 Å². The van der Waals surface area contributed by atoms with Crippen LogP contribution in [-0.4, -0.2) is 41.7 Å². The quantitative estimate of drug-likeness (QED) is 0.847. The van der Waals surface area contributed by atoms with E-state index in [1.165, 1.54) is 5.56 Å². The normalized spacial score (nSPS) is 23.6. The third-order valence-corrected chi connectivity index (χ3v) is 3.26. The summed E-state index contributed by atoms with van der Waals surface area (Å²) in [5.74, 6) is 0. The van der Waals surface area contributed by atoms with Crippen LogP contribution in [0.2, 0.25) is 0 Å². The molecular weight excluding hydrogens is 214 g/mol. The van der Waals surface area contributed by atoms with Gasteiger partial charge < -0.3 is 10.5 Å². The minimum atomic E-state index is 0.0858. The first-order valence-electron chi connectivity index (χ1n) is 6.17. The first-order valence-corrected chi connectivity index (χ1v) is 6.17. The zero-order valence-electron chi connectivity index (χ0n) is 10.6. The SMILES string of the molecule is Cc1cccnc1CN1CCOC(C(C)N)C1. The van der Waals surface area contributed by atoms with E-state index in [0.717, 1.165) is 31.9 Å². The number of nitrogens with zero attached hydrogens (tertiary/aromatic N) is 2. The van der Waals surface area contributed by atoms with Gasteiger partial charge in [-0.25, -0.2) is 0 Å². The molecule has 1 fully saturated rings. The largest absolute Gasteiger partial charge is 0.374 e. The van der Waals surface area contributed by atoms with E-state index in [9.17, 15) is 0 Å². The van der Waals surface area contributed by atoms with Crippen LogP contribution in [0.5, 0.6) is 0 Å². The average molecular weight is 235 g/mol. The Kier molecular flexibility index (Phi) is 4.10. The van der Waals surface area contributed by atoms with Crippen molar-refractivity contribution in [1.82, 2.24) is 9.88 Å². The number of morpholine rings is 1. The van der Waals surface area contributed by atoms with Gasteiger partial charge in [0.15, 0.2) is 0 Å². The summed E-state index contributed by atoms with van der Waals surface area (Å²) in [6.07, 6.45) is 2.00. The van der Waals surface area contributed by atoms with Gasteiger partial charge in [-0.3, -0.25) is 9.88 Å². The number of aromatic nitrogens is 1. The molecule has 0 spiro atoms. The van der Waals surface area contributed by atoms with Crippen molar-refractivity contribution in [3.8, 4) is 0 Å². The molecule has 4 nitrogen and oxygen atoms in total. The van der Waals surface area contributed by atoms with E-state index in [-0.39, 0.29) is 12.1 Å². The van der Waals surface area contributed by atoms with E-state index in [2.05, 4.69) is 22.9 Å². The van der Waals surface area contributed by atoms with E-state index < -0.39 is 0 Å². The van der Waals surface area contributed by atoms with Gasteiger partial charge in [0.2, 0.25) is 0 Å². The van der Waals surface area contributed by atoms with Crippen molar-refractivity contribution in [1.29, 1.82) is 0 Å². The summed E-state index contributed by atoms with van der Waals surface area (Å²) in [6.45, 7) is 7.61. The molecule has 0 aliphatic carbocycles. The molecule has 2 atom stereocenters. The third kappa shape index (κ3) is 3.25. The van der Waals surface area contributed by atoms with Crippen LogP contribution >= 0.6 is 0 Å². The zero-order valence-corrected chi connectivity index (χ0v) is 10.6. The van der Waals surface area contributed by atoms with Gasteiger partial charge in [-0.05, 0) is 25.5 Å². The molecule has 2 N–H and O–H groups in total. The summed E-state index contributed by atoms with van der Waals surface area (Å²) < 4.78 is 5.65. The van der Waals surface area contributed by atoms with Crippen molar-refractivity contribution < 1.29 is 4.74 Å². The summed E-state index contributed by atoms with van der Waals surface area (Å²) >= 11 is 0. The van der Waals surface area contributed by atoms with Gasteiger partial charge in [-0.2, -0.15) is 0 Å². The zero-order chi connectivity index (χ0) is 12.3. The standard InChI is InChI=1S/C13H21N3O/c1-10-4-3-5-15-12(10)8-16-6-7-17-13(9-16)11(2)14/h3-5,11,13H,6-9,14H2,1-2H3. The highest BCUT2D eigenvalue weighted by Crippen LogP contribution is 2.12. The lowest BCUT2D eigenvalue weighted by Crippen LogP contribution is -2.49. The van der Waals surface area contributed by atoms with Crippen molar-refractivity contribution in [3.63, 3.8) is 0 Å². The fraction of sp³-hybridized carbons (Fsp3) is 0.615. The van der Waals surface area contributed by atoms with Crippen LogP contribution in [0.25, 0.3) is 0 Å². The Morgan fingerprint density at radius 2 is 2.47 bits per heavy atom. The molecule has 17 heavy (non-hydrogen) atoms. The van der Waals surface area contributed by atoms with E-state index in [1.54, 1.807) is 0 Å². The average Bonchev–Trinajstić information content (AvgIpc) is 2.32. The van der Waals surface area contributed by atoms with Gasteiger partial charge in [-0.1, -0.05) is 6.07 Å². The summed E-state index contributed by atoms with van der Waals surface area (Å²) in [5.41, 5.74) is 8.28. The lowest BCUT2D eigenvalue weighted by Gasteiger charge is -2.34. The summed E-state index contributed by atoms with van der Waals surface area (Å²) in [5, 5.41) is 0. The first kappa shape index (κ1) is 12.5. The minimum absolute atomic E-state index is 0.0858. The molecule has 1 aliphatic rings. The minimum Gasteiger partial charge on any atom is -0.374 e. The Morgan fingerprint density at radius 3 is 3.18 bits per heavy atom. The lowest BCUT2D eigenvalue weighted by molar-refractivity contribution is -0.0407. The molecule has 2 rings (SSSR count). The molecule has 1 saturated heterocycles. The molecule has 2 heterocycles. The van der Waals surface area contributed by atoms with Gasteiger partial charge in [0.1, 0.15) is 0 Å². The second-order valence-electron chi connectivity index (χ2n) is 4.77. The van der Waals surface area contributed by atoms with Crippen LogP contribution in [0, 0.1) is 6.92 Å². The summed E-state index contributed by atoms with van der Waals surface area (Å²) in [4.78, 5) is 6.80. The number of ether oxygens (including phenoxy) is 1. The predicted octanol–water partition coefficient (Wildman–Crippen LogP) is 0.938.